The van der Waals surface area contributed by atoms with Gasteiger partial charge in [0.2, 0.25) is 0 Å². The standard InChI is InChI=1S/C7H14ClNO2/c1-3-4-5-11-9-7(10)6(2)8/h6H,3-5H2,1-2H3,(H,9,10). The van der Waals surface area contributed by atoms with Crippen LogP contribution in [0.5, 0.6) is 0 Å². The number of rotatable bonds is 5. The topological polar surface area (TPSA) is 38.3 Å². The highest BCUT2D eigenvalue weighted by atomic mass is 35.5. The van der Waals surface area contributed by atoms with Gasteiger partial charge in [-0.15, -0.1) is 11.6 Å². The molecule has 0 fully saturated rings. The molecule has 0 spiro atoms. The van der Waals surface area contributed by atoms with Crippen LogP contribution < -0.4 is 5.48 Å². The van der Waals surface area contributed by atoms with Crippen molar-refractivity contribution in [3.05, 3.63) is 0 Å². The maximum absolute atomic E-state index is 10.7. The fraction of sp³-hybridized carbons (Fsp3) is 0.857. The van der Waals surface area contributed by atoms with Gasteiger partial charge in [0.1, 0.15) is 5.38 Å². The van der Waals surface area contributed by atoms with E-state index in [1.165, 1.54) is 0 Å². The quantitative estimate of drug-likeness (QED) is 0.394. The van der Waals surface area contributed by atoms with Gasteiger partial charge < -0.3 is 0 Å². The van der Waals surface area contributed by atoms with E-state index in [4.69, 9.17) is 16.4 Å². The fourth-order valence-electron chi connectivity index (χ4n) is 0.420. The molecule has 0 aromatic rings. The first-order valence-corrected chi connectivity index (χ1v) is 4.17. The Kier molecular flexibility index (Phi) is 6.27. The zero-order valence-electron chi connectivity index (χ0n) is 6.89. The highest BCUT2D eigenvalue weighted by Gasteiger charge is 2.07. The Hall–Kier alpha value is -0.280. The predicted molar refractivity (Wildman–Crippen MR) is 44.3 cm³/mol. The van der Waals surface area contributed by atoms with E-state index in [1.807, 2.05) is 0 Å². The van der Waals surface area contributed by atoms with Gasteiger partial charge in [-0.05, 0) is 13.3 Å². The molecule has 0 aromatic carbocycles. The fourth-order valence-corrected chi connectivity index (χ4v) is 0.464. The largest absolute Gasteiger partial charge is 0.274 e. The van der Waals surface area contributed by atoms with Crippen LogP contribution in [0.25, 0.3) is 0 Å². The van der Waals surface area contributed by atoms with Crippen LogP contribution in [0.1, 0.15) is 26.7 Å². The number of unbranched alkanes of at least 4 members (excludes halogenated alkanes) is 1. The molecule has 0 saturated carbocycles. The second-order valence-electron chi connectivity index (χ2n) is 2.28. The Morgan fingerprint density at radius 1 is 1.73 bits per heavy atom. The molecule has 0 rings (SSSR count). The van der Waals surface area contributed by atoms with Gasteiger partial charge in [0.05, 0.1) is 6.61 Å². The Morgan fingerprint density at radius 3 is 2.82 bits per heavy atom. The van der Waals surface area contributed by atoms with Crippen molar-refractivity contribution in [2.45, 2.75) is 32.1 Å². The van der Waals surface area contributed by atoms with Crippen LogP contribution in [0.15, 0.2) is 0 Å². The van der Waals surface area contributed by atoms with Crippen molar-refractivity contribution in [1.82, 2.24) is 5.48 Å². The molecule has 1 N–H and O–H groups in total. The first kappa shape index (κ1) is 10.7. The predicted octanol–water partition coefficient (Wildman–Crippen LogP) is 1.46. The van der Waals surface area contributed by atoms with E-state index in [0.717, 1.165) is 12.8 Å². The second kappa shape index (κ2) is 6.43. The molecule has 1 amide bonds. The Labute approximate surface area is 72.0 Å². The number of halogens is 1. The lowest BCUT2D eigenvalue weighted by Crippen LogP contribution is -2.30. The van der Waals surface area contributed by atoms with Gasteiger partial charge in [-0.25, -0.2) is 5.48 Å². The third-order valence-electron chi connectivity index (χ3n) is 1.13. The summed E-state index contributed by atoms with van der Waals surface area (Å²) >= 11 is 5.45. The van der Waals surface area contributed by atoms with Crippen LogP contribution in [-0.2, 0) is 9.63 Å². The summed E-state index contributed by atoms with van der Waals surface area (Å²) in [5, 5.41) is -0.531. The van der Waals surface area contributed by atoms with Crippen LogP contribution in [0, 0.1) is 0 Å². The zero-order chi connectivity index (χ0) is 8.69. The SMILES string of the molecule is CCCCONC(=O)C(C)Cl. The van der Waals surface area contributed by atoms with Gasteiger partial charge in [0.15, 0.2) is 0 Å². The number of hydrogen-bond donors (Lipinski definition) is 1. The van der Waals surface area contributed by atoms with Crippen LogP contribution in [0.4, 0.5) is 0 Å². The molecule has 4 heteroatoms. The molecule has 11 heavy (non-hydrogen) atoms. The van der Waals surface area contributed by atoms with Crippen molar-refractivity contribution in [3.8, 4) is 0 Å². The maximum Gasteiger partial charge on any atom is 0.261 e. The van der Waals surface area contributed by atoms with Crippen molar-refractivity contribution >= 4 is 17.5 Å². The average Bonchev–Trinajstić information content (AvgIpc) is 1.97. The van der Waals surface area contributed by atoms with E-state index < -0.39 is 5.38 Å². The monoisotopic (exact) mass is 179 g/mol. The second-order valence-corrected chi connectivity index (χ2v) is 2.94. The minimum absolute atomic E-state index is 0.289. The van der Waals surface area contributed by atoms with Crippen LogP contribution in [0.2, 0.25) is 0 Å². The molecule has 3 nitrogen and oxygen atoms in total. The molecule has 0 aliphatic heterocycles. The molecule has 0 aliphatic carbocycles. The van der Waals surface area contributed by atoms with Crippen molar-refractivity contribution < 1.29 is 9.63 Å². The zero-order valence-corrected chi connectivity index (χ0v) is 7.65. The molecule has 0 aliphatic rings. The average molecular weight is 180 g/mol. The molecule has 1 atom stereocenters. The van der Waals surface area contributed by atoms with Gasteiger partial charge in [-0.2, -0.15) is 0 Å². The van der Waals surface area contributed by atoms with E-state index in [9.17, 15) is 4.79 Å². The summed E-state index contributed by atoms with van der Waals surface area (Å²) in [7, 11) is 0. The first-order valence-electron chi connectivity index (χ1n) is 3.74. The molecule has 0 saturated heterocycles. The normalized spacial score (nSPS) is 12.6. The summed E-state index contributed by atoms with van der Waals surface area (Å²) < 4.78 is 0. The smallest absolute Gasteiger partial charge is 0.261 e. The van der Waals surface area contributed by atoms with E-state index in [-0.39, 0.29) is 5.91 Å². The Bertz CT molecular complexity index is 117. The summed E-state index contributed by atoms with van der Waals surface area (Å²) in [5.41, 5.74) is 2.25. The molecule has 0 heterocycles. The van der Waals surface area contributed by atoms with Crippen molar-refractivity contribution in [2.24, 2.45) is 0 Å². The Morgan fingerprint density at radius 2 is 2.36 bits per heavy atom. The lowest BCUT2D eigenvalue weighted by molar-refractivity contribution is -0.132. The minimum Gasteiger partial charge on any atom is -0.274 e. The van der Waals surface area contributed by atoms with Crippen LogP contribution >= 0.6 is 11.6 Å². The van der Waals surface area contributed by atoms with Crippen molar-refractivity contribution in [3.63, 3.8) is 0 Å². The highest BCUT2D eigenvalue weighted by Crippen LogP contribution is 1.92. The number of carbonyl (C=O) groups is 1. The molecule has 0 aromatic heterocycles. The maximum atomic E-state index is 10.7. The van der Waals surface area contributed by atoms with E-state index in [0.29, 0.717) is 6.61 Å². The molecule has 0 radical (unpaired) electrons. The van der Waals surface area contributed by atoms with Gasteiger partial charge in [0, 0.05) is 0 Å². The number of carbonyl (C=O) groups excluding carboxylic acids is 1. The summed E-state index contributed by atoms with van der Waals surface area (Å²) in [6.07, 6.45) is 1.99. The van der Waals surface area contributed by atoms with Crippen molar-refractivity contribution in [1.29, 1.82) is 0 Å². The van der Waals surface area contributed by atoms with Gasteiger partial charge in [-0.3, -0.25) is 9.63 Å². The van der Waals surface area contributed by atoms with Crippen LogP contribution in [0.3, 0.4) is 0 Å². The van der Waals surface area contributed by atoms with Gasteiger partial charge in [-0.1, -0.05) is 13.3 Å². The van der Waals surface area contributed by atoms with E-state index >= 15 is 0 Å². The minimum atomic E-state index is -0.531. The molecule has 1 unspecified atom stereocenters. The van der Waals surface area contributed by atoms with E-state index in [2.05, 4.69) is 12.4 Å². The number of nitrogens with one attached hydrogen (secondary N) is 1. The lowest BCUT2D eigenvalue weighted by atomic mass is 10.4. The molecule has 0 bridgehead atoms. The molecule has 66 valence electrons. The summed E-state index contributed by atoms with van der Waals surface area (Å²) in [4.78, 5) is 15.6. The summed E-state index contributed by atoms with van der Waals surface area (Å²) in [5.74, 6) is -0.289. The molecular weight excluding hydrogens is 166 g/mol. The highest BCUT2D eigenvalue weighted by molar-refractivity contribution is 6.30. The van der Waals surface area contributed by atoms with E-state index in [1.54, 1.807) is 6.92 Å². The van der Waals surface area contributed by atoms with Crippen LogP contribution in [-0.4, -0.2) is 17.9 Å². The van der Waals surface area contributed by atoms with Crippen molar-refractivity contribution in [2.75, 3.05) is 6.61 Å². The van der Waals surface area contributed by atoms with Gasteiger partial charge in [0.25, 0.3) is 5.91 Å². The lowest BCUT2D eigenvalue weighted by Gasteiger charge is -2.05. The molecular formula is C7H14ClNO2. The number of hydrogen-bond acceptors (Lipinski definition) is 2. The number of amides is 1. The van der Waals surface area contributed by atoms with Gasteiger partial charge >= 0.3 is 0 Å². The number of hydroxylamine groups is 1. The third-order valence-corrected chi connectivity index (χ3v) is 1.33. The Balaban J connectivity index is 3.18. The first-order chi connectivity index (χ1) is 5.18. The summed E-state index contributed by atoms with van der Waals surface area (Å²) in [6.45, 7) is 4.20. The number of alkyl halides is 1. The third kappa shape index (κ3) is 6.13. The summed E-state index contributed by atoms with van der Waals surface area (Å²) in [6, 6.07) is 0.